The van der Waals surface area contributed by atoms with Crippen LogP contribution in [0, 0.1) is 0 Å². The maximum absolute atomic E-state index is 3.42. The lowest BCUT2D eigenvalue weighted by Crippen LogP contribution is -2.19. The third-order valence-electron chi connectivity index (χ3n) is 1.42. The van der Waals surface area contributed by atoms with Crippen molar-refractivity contribution in [3.05, 3.63) is 35.9 Å². The van der Waals surface area contributed by atoms with Gasteiger partial charge in [0.1, 0.15) is 0 Å². The lowest BCUT2D eigenvalue weighted by molar-refractivity contribution is 1.34. The first-order valence-corrected chi connectivity index (χ1v) is 11.2. The Hall–Kier alpha value is 3.54. The van der Waals surface area contributed by atoms with Gasteiger partial charge in [-0.25, -0.2) is 0 Å². The zero-order valence-electron chi connectivity index (χ0n) is 8.29. The van der Waals surface area contributed by atoms with Crippen LogP contribution in [0.25, 0.3) is 0 Å². The zero-order valence-corrected chi connectivity index (χ0v) is 22.6. The van der Waals surface area contributed by atoms with Crippen LogP contribution in [-0.4, -0.2) is 4.29 Å². The Morgan fingerprint density at radius 1 is 0.556 bits per heavy atom. The van der Waals surface area contributed by atoms with Crippen LogP contribution < -0.4 is 0 Å². The summed E-state index contributed by atoms with van der Waals surface area (Å²) in [5.41, 5.74) is 1.15. The number of hydrogen-bond donors (Lipinski definition) is 0. The summed E-state index contributed by atoms with van der Waals surface area (Å²) in [6, 6.07) is 10.0. The summed E-state index contributed by atoms with van der Waals surface area (Å²) in [5, 5.41) is 0. The predicted octanol–water partition coefficient (Wildman–Crippen LogP) is 8.64. The summed E-state index contributed by atoms with van der Waals surface area (Å²) in [6.07, 6.45) is 0. The van der Waals surface area contributed by atoms with Crippen LogP contribution in [0.4, 0.5) is 0 Å². The molecule has 104 valence electrons. The maximum atomic E-state index is 3.42. The fourth-order valence-electron chi connectivity index (χ4n) is 0.627. The standard InChI is InChI=1S/C7H5Br3.C2Br6/c8-7(9,10)6-4-2-1-3-5-6;3-1(4,5)2(6,7)8/h1-5H;. The second kappa shape index (κ2) is 8.99. The third-order valence-corrected chi connectivity index (χ3v) is 11.2. The van der Waals surface area contributed by atoms with Crippen molar-refractivity contribution in [1.29, 1.82) is 0 Å². The zero-order chi connectivity index (χ0) is 14.6. The van der Waals surface area contributed by atoms with Gasteiger partial charge in [-0.3, -0.25) is 0 Å². The number of hydrogen-bond acceptors (Lipinski definition) is 0. The molecule has 0 amide bonds. The van der Waals surface area contributed by atoms with E-state index in [2.05, 4.69) is 143 Å². The largest absolute Gasteiger partial charge is 0.169 e. The van der Waals surface area contributed by atoms with Gasteiger partial charge in [0.05, 0.1) is 0 Å². The van der Waals surface area contributed by atoms with E-state index < -0.39 is 0 Å². The van der Waals surface area contributed by atoms with E-state index in [-0.39, 0.29) is 6.43 Å². The van der Waals surface area contributed by atoms with E-state index in [4.69, 9.17) is 0 Å². The lowest BCUT2D eigenvalue weighted by atomic mass is 10.2. The Morgan fingerprint density at radius 2 is 0.889 bits per heavy atom. The normalized spacial score (nSPS) is 12.7. The molecule has 0 saturated carbocycles. The quantitative estimate of drug-likeness (QED) is 0.230. The van der Waals surface area contributed by atoms with Crippen LogP contribution in [0.2, 0.25) is 0 Å². The van der Waals surface area contributed by atoms with E-state index in [1.54, 1.807) is 0 Å². The van der Waals surface area contributed by atoms with E-state index in [1.807, 2.05) is 30.3 Å². The summed E-state index contributed by atoms with van der Waals surface area (Å²) < 4.78 is -1.02. The molecular weight excluding hydrogens is 827 g/mol. The van der Waals surface area contributed by atoms with Gasteiger partial charge in [-0.2, -0.15) is 0 Å². The van der Waals surface area contributed by atoms with Crippen molar-refractivity contribution < 1.29 is 0 Å². The molecule has 0 radical (unpaired) electrons. The molecule has 18 heavy (non-hydrogen) atoms. The van der Waals surface area contributed by atoms with Crippen LogP contribution in [0.3, 0.4) is 0 Å². The molecule has 0 nitrogen and oxygen atoms in total. The van der Waals surface area contributed by atoms with Crippen molar-refractivity contribution in [2.45, 2.75) is 6.43 Å². The highest BCUT2D eigenvalue weighted by atomic mass is 80.0. The molecule has 9 heteroatoms. The molecule has 0 heterocycles. The Bertz CT molecular complexity index is 331. The second-order valence-electron chi connectivity index (χ2n) is 2.86. The van der Waals surface area contributed by atoms with Crippen molar-refractivity contribution in [2.24, 2.45) is 0 Å². The molecule has 0 bridgehead atoms. The van der Waals surface area contributed by atoms with Gasteiger partial charge in [-0.1, -0.05) is 174 Å². The molecule has 0 saturated heterocycles. The smallest absolute Gasteiger partial charge is 0.0622 e. The number of benzene rings is 1. The van der Waals surface area contributed by atoms with Crippen molar-refractivity contribution in [1.82, 2.24) is 0 Å². The van der Waals surface area contributed by atoms with E-state index in [9.17, 15) is 0 Å². The second-order valence-corrected chi connectivity index (χ2v) is 23.1. The maximum Gasteiger partial charge on any atom is 0.169 e. The molecule has 0 atom stereocenters. The minimum absolute atomic E-state index is 0.270. The topological polar surface area (TPSA) is 0 Å². The van der Waals surface area contributed by atoms with Gasteiger partial charge in [-0.05, 0) is 5.56 Å². The monoisotopic (exact) mass is 823 g/mol. The highest BCUT2D eigenvalue weighted by molar-refractivity contribution is 9.46. The van der Waals surface area contributed by atoms with Gasteiger partial charge in [0.25, 0.3) is 0 Å². The van der Waals surface area contributed by atoms with Crippen molar-refractivity contribution in [3.63, 3.8) is 0 Å². The molecule has 0 unspecified atom stereocenters. The first kappa shape index (κ1) is 21.5. The first-order chi connectivity index (χ1) is 7.86. The van der Waals surface area contributed by atoms with E-state index in [0.29, 0.717) is 0 Å². The van der Waals surface area contributed by atoms with Gasteiger partial charge in [0.2, 0.25) is 0 Å². The van der Waals surface area contributed by atoms with Crippen LogP contribution in [0.15, 0.2) is 30.3 Å². The highest BCUT2D eigenvalue weighted by Gasteiger charge is 2.40. The minimum Gasteiger partial charge on any atom is -0.0622 e. The van der Waals surface area contributed by atoms with Gasteiger partial charge < -0.3 is 0 Å². The molecule has 0 N–H and O–H groups in total. The number of alkyl halides is 9. The fourth-order valence-corrected chi connectivity index (χ4v) is 1.42. The third kappa shape index (κ3) is 9.54. The molecule has 0 fully saturated rings. The van der Waals surface area contributed by atoms with Crippen molar-refractivity contribution >= 4 is 143 Å². The molecule has 1 aromatic rings. The highest BCUT2D eigenvalue weighted by Crippen LogP contribution is 2.56. The average Bonchev–Trinajstić information content (AvgIpc) is 2.15. The van der Waals surface area contributed by atoms with Gasteiger partial charge in [0.15, 0.2) is 6.43 Å². The summed E-state index contributed by atoms with van der Waals surface area (Å²) in [7, 11) is 0. The van der Waals surface area contributed by atoms with Crippen LogP contribution in [0.5, 0.6) is 0 Å². The lowest BCUT2D eigenvalue weighted by Gasteiger charge is -2.22. The summed E-state index contributed by atoms with van der Waals surface area (Å²) in [4.78, 5) is 0. The van der Waals surface area contributed by atoms with Crippen molar-refractivity contribution in [2.75, 3.05) is 0 Å². The molecule has 0 aliphatic rings. The van der Waals surface area contributed by atoms with Crippen LogP contribution in [-0.2, 0) is 2.14 Å². The average molecular weight is 832 g/mol. The molecule has 0 aliphatic carbocycles. The van der Waals surface area contributed by atoms with Crippen molar-refractivity contribution in [3.8, 4) is 0 Å². The van der Waals surface area contributed by atoms with Crippen LogP contribution >= 0.6 is 143 Å². The van der Waals surface area contributed by atoms with Gasteiger partial charge >= 0.3 is 0 Å². The molecule has 0 aliphatic heterocycles. The van der Waals surface area contributed by atoms with Crippen LogP contribution in [0.1, 0.15) is 5.56 Å². The Morgan fingerprint density at radius 3 is 1.06 bits per heavy atom. The number of rotatable bonds is 0. The molecule has 1 rings (SSSR count). The SMILES string of the molecule is BrC(Br)(Br)C(Br)(Br)Br.BrC(Br)(Br)c1ccccc1. The summed E-state index contributed by atoms with van der Waals surface area (Å²) >= 11 is 30.0. The van der Waals surface area contributed by atoms with E-state index in [0.717, 1.165) is 5.56 Å². The van der Waals surface area contributed by atoms with E-state index >= 15 is 0 Å². The fraction of sp³-hybridized carbons (Fsp3) is 0.333. The van der Waals surface area contributed by atoms with Gasteiger partial charge in [0, 0.05) is 0 Å². The molecular formula is C9H5Br9. The summed E-state index contributed by atoms with van der Waals surface area (Å²) in [6.45, 7) is 0. The van der Waals surface area contributed by atoms with E-state index in [1.165, 1.54) is 0 Å². The Labute approximate surface area is 182 Å². The van der Waals surface area contributed by atoms with Gasteiger partial charge in [-0.15, -0.1) is 0 Å². The predicted molar refractivity (Wildman–Crippen MR) is 114 cm³/mol. The molecule has 0 aromatic heterocycles. The Kier molecular flexibility index (Phi) is 10.8. The summed E-state index contributed by atoms with van der Waals surface area (Å²) in [5.74, 6) is 0. The molecule has 0 spiro atoms. The number of halogens is 9. The first-order valence-electron chi connectivity index (χ1n) is 4.11. The molecule has 1 aromatic carbocycles. The minimum atomic E-state index is -0.375. The Balaban J connectivity index is 0.000000331.